The van der Waals surface area contributed by atoms with Crippen LogP contribution >= 0.6 is 0 Å². The normalized spacial score (nSPS) is 10.8. The predicted molar refractivity (Wildman–Crippen MR) is 132 cm³/mol. The summed E-state index contributed by atoms with van der Waals surface area (Å²) in [6, 6.07) is 17.5. The lowest BCUT2D eigenvalue weighted by Gasteiger charge is -2.10. The second-order valence-electron chi connectivity index (χ2n) is 7.68. The number of aryl methyl sites for hydroxylation is 1. The van der Waals surface area contributed by atoms with E-state index < -0.39 is 24.4 Å². The summed E-state index contributed by atoms with van der Waals surface area (Å²) in [6.45, 7) is 3.03. The molecule has 2 aromatic carbocycles. The molecule has 3 rings (SSSR count). The van der Waals surface area contributed by atoms with Crippen LogP contribution in [-0.4, -0.2) is 43.2 Å². The van der Waals surface area contributed by atoms with Crippen molar-refractivity contribution in [2.45, 2.75) is 13.8 Å². The highest BCUT2D eigenvalue weighted by Crippen LogP contribution is 2.24. The van der Waals surface area contributed by atoms with E-state index in [9.17, 15) is 19.6 Å². The van der Waals surface area contributed by atoms with Gasteiger partial charge in [0.2, 0.25) is 0 Å². The molecule has 0 aliphatic carbocycles. The summed E-state index contributed by atoms with van der Waals surface area (Å²) in [4.78, 5) is 36.9. The van der Waals surface area contributed by atoms with E-state index >= 15 is 0 Å². The van der Waals surface area contributed by atoms with Gasteiger partial charge in [0, 0.05) is 17.1 Å². The Morgan fingerprint density at radius 3 is 2.36 bits per heavy atom. The Labute approximate surface area is 208 Å². The van der Waals surface area contributed by atoms with Gasteiger partial charge in [0.25, 0.3) is 11.8 Å². The van der Waals surface area contributed by atoms with Gasteiger partial charge in [-0.1, -0.05) is 12.1 Å². The number of esters is 1. The molecular weight excluding hydrogens is 462 g/mol. The van der Waals surface area contributed by atoms with Crippen LogP contribution in [0.5, 0.6) is 11.5 Å². The van der Waals surface area contributed by atoms with E-state index in [2.05, 4.69) is 5.32 Å². The van der Waals surface area contributed by atoms with E-state index in [0.29, 0.717) is 11.3 Å². The number of rotatable bonds is 8. The predicted octanol–water partition coefficient (Wildman–Crippen LogP) is 3.52. The maximum atomic E-state index is 12.5. The molecule has 0 radical (unpaired) electrons. The van der Waals surface area contributed by atoms with Gasteiger partial charge in [-0.15, -0.1) is 0 Å². The number of carbonyl (C=O) groups excluding carboxylic acids is 3. The van der Waals surface area contributed by atoms with Crippen molar-refractivity contribution in [2.75, 3.05) is 20.8 Å². The number of amides is 2. The summed E-state index contributed by atoms with van der Waals surface area (Å²) in [6.07, 6.45) is 1.41. The van der Waals surface area contributed by atoms with Crippen molar-refractivity contribution in [1.82, 2.24) is 9.88 Å². The average Bonchev–Trinajstić information content (AvgIpc) is 3.17. The molecule has 0 unspecified atom stereocenters. The van der Waals surface area contributed by atoms with Crippen LogP contribution in [0.2, 0.25) is 0 Å². The van der Waals surface area contributed by atoms with E-state index in [1.54, 1.807) is 25.3 Å². The van der Waals surface area contributed by atoms with Crippen LogP contribution in [0.15, 0.2) is 60.2 Å². The summed E-state index contributed by atoms with van der Waals surface area (Å²) in [5.41, 5.74) is 3.11. The molecule has 0 saturated carbocycles. The van der Waals surface area contributed by atoms with Gasteiger partial charge in [0.15, 0.2) is 6.61 Å². The number of para-hydroxylation sites is 1. The maximum absolute atomic E-state index is 12.5. The molecule has 0 saturated heterocycles. The Kier molecular flexibility index (Phi) is 8.26. The van der Waals surface area contributed by atoms with E-state index in [1.165, 1.54) is 19.3 Å². The van der Waals surface area contributed by atoms with Gasteiger partial charge in [-0.05, 0) is 68.0 Å². The molecule has 36 heavy (non-hydrogen) atoms. The number of aromatic nitrogens is 1. The van der Waals surface area contributed by atoms with Gasteiger partial charge in [0.1, 0.15) is 23.1 Å². The summed E-state index contributed by atoms with van der Waals surface area (Å²) < 4.78 is 17.2. The van der Waals surface area contributed by atoms with Crippen LogP contribution in [0.1, 0.15) is 27.3 Å². The molecular formula is C27H25N3O6. The third-order valence-electron chi connectivity index (χ3n) is 5.38. The average molecular weight is 488 g/mol. The zero-order valence-electron chi connectivity index (χ0n) is 20.3. The number of imide groups is 1. The third-order valence-corrected chi connectivity index (χ3v) is 5.38. The molecule has 9 heteroatoms. The van der Waals surface area contributed by atoms with Gasteiger partial charge >= 0.3 is 5.97 Å². The lowest BCUT2D eigenvalue weighted by Crippen LogP contribution is -2.34. The number of nitrogens with zero attached hydrogens (tertiary/aromatic N) is 2. The Morgan fingerprint density at radius 2 is 1.72 bits per heavy atom. The molecule has 1 aromatic heterocycles. The molecule has 3 aromatic rings. The maximum Gasteiger partial charge on any atom is 0.349 e. The highest BCUT2D eigenvalue weighted by Gasteiger charge is 2.18. The summed E-state index contributed by atoms with van der Waals surface area (Å²) in [5, 5.41) is 11.6. The van der Waals surface area contributed by atoms with Crippen LogP contribution in [-0.2, 0) is 14.3 Å². The van der Waals surface area contributed by atoms with E-state index in [1.807, 2.05) is 54.8 Å². The Hall–Kier alpha value is -4.84. The Bertz CT molecular complexity index is 1360. The molecule has 184 valence electrons. The van der Waals surface area contributed by atoms with Crippen molar-refractivity contribution < 1.29 is 28.6 Å². The van der Waals surface area contributed by atoms with Crippen molar-refractivity contribution >= 4 is 23.9 Å². The second kappa shape index (κ2) is 11.5. The number of hydrogen-bond donors (Lipinski definition) is 1. The molecule has 0 aliphatic rings. The molecule has 0 fully saturated rings. The van der Waals surface area contributed by atoms with Crippen molar-refractivity contribution in [3.05, 3.63) is 82.7 Å². The standard InChI is InChI=1S/C27H25N3O6/c1-17-13-19(18(2)30(17)21-9-11-22(34-3)12-10-21)14-20(15-28)27(33)36-16-25(31)29-26(32)23-7-5-6-8-24(23)35-4/h5-14H,16H2,1-4H3,(H,29,31,32)/b20-14+. The summed E-state index contributed by atoms with van der Waals surface area (Å²) >= 11 is 0. The van der Waals surface area contributed by atoms with Gasteiger partial charge < -0.3 is 18.8 Å². The Morgan fingerprint density at radius 1 is 1.03 bits per heavy atom. The fourth-order valence-corrected chi connectivity index (χ4v) is 3.63. The number of hydrogen-bond acceptors (Lipinski definition) is 7. The number of nitriles is 1. The molecule has 0 atom stereocenters. The highest BCUT2D eigenvalue weighted by atomic mass is 16.5. The minimum Gasteiger partial charge on any atom is -0.497 e. The number of methoxy groups -OCH3 is 2. The number of benzene rings is 2. The number of ether oxygens (including phenoxy) is 3. The number of carbonyl (C=O) groups is 3. The minimum atomic E-state index is -0.980. The van der Waals surface area contributed by atoms with Gasteiger partial charge in [-0.25, -0.2) is 4.79 Å². The van der Waals surface area contributed by atoms with Crippen molar-refractivity contribution in [3.8, 4) is 23.3 Å². The molecule has 0 aliphatic heterocycles. The van der Waals surface area contributed by atoms with Crippen LogP contribution < -0.4 is 14.8 Å². The molecule has 1 heterocycles. The highest BCUT2D eigenvalue weighted by molar-refractivity contribution is 6.07. The fourth-order valence-electron chi connectivity index (χ4n) is 3.63. The van der Waals surface area contributed by atoms with Gasteiger partial charge in [-0.3, -0.25) is 14.9 Å². The van der Waals surface area contributed by atoms with Crippen molar-refractivity contribution in [1.29, 1.82) is 5.26 Å². The summed E-state index contributed by atoms with van der Waals surface area (Å²) in [7, 11) is 2.99. The minimum absolute atomic E-state index is 0.157. The first-order valence-electron chi connectivity index (χ1n) is 10.9. The van der Waals surface area contributed by atoms with Gasteiger partial charge in [-0.2, -0.15) is 5.26 Å². The molecule has 0 spiro atoms. The monoisotopic (exact) mass is 487 g/mol. The molecule has 2 amide bonds. The molecule has 0 bridgehead atoms. The largest absolute Gasteiger partial charge is 0.497 e. The first kappa shape index (κ1) is 25.8. The lowest BCUT2D eigenvalue weighted by atomic mass is 10.1. The van der Waals surface area contributed by atoms with Crippen molar-refractivity contribution in [3.63, 3.8) is 0 Å². The second-order valence-corrected chi connectivity index (χ2v) is 7.68. The van der Waals surface area contributed by atoms with Crippen LogP contribution in [0.4, 0.5) is 0 Å². The lowest BCUT2D eigenvalue weighted by molar-refractivity contribution is -0.144. The zero-order chi connectivity index (χ0) is 26.2. The first-order valence-corrected chi connectivity index (χ1v) is 10.9. The zero-order valence-corrected chi connectivity index (χ0v) is 20.3. The Balaban J connectivity index is 1.69. The SMILES string of the molecule is COc1ccc(-n2c(C)cc(/C=C(\C#N)C(=O)OCC(=O)NC(=O)c3ccccc3OC)c2C)cc1. The van der Waals surface area contributed by atoms with Crippen LogP contribution in [0.25, 0.3) is 11.8 Å². The molecule has 9 nitrogen and oxygen atoms in total. The fraction of sp³-hybridized carbons (Fsp3) is 0.185. The third kappa shape index (κ3) is 5.80. The number of nitrogens with one attached hydrogen (secondary N) is 1. The van der Waals surface area contributed by atoms with E-state index in [-0.39, 0.29) is 11.1 Å². The van der Waals surface area contributed by atoms with Crippen molar-refractivity contribution in [2.24, 2.45) is 0 Å². The molecule has 1 N–H and O–H groups in total. The van der Waals surface area contributed by atoms with E-state index in [4.69, 9.17) is 14.2 Å². The summed E-state index contributed by atoms with van der Waals surface area (Å²) in [5.74, 6) is -1.50. The van der Waals surface area contributed by atoms with Crippen LogP contribution in [0, 0.1) is 25.2 Å². The van der Waals surface area contributed by atoms with E-state index in [0.717, 1.165) is 22.8 Å². The first-order chi connectivity index (χ1) is 17.3. The van der Waals surface area contributed by atoms with Gasteiger partial charge in [0.05, 0.1) is 19.8 Å². The topological polar surface area (TPSA) is 120 Å². The smallest absolute Gasteiger partial charge is 0.349 e. The quantitative estimate of drug-likeness (QED) is 0.293. The van der Waals surface area contributed by atoms with Crippen LogP contribution in [0.3, 0.4) is 0 Å².